The molecule has 1 saturated carbocycles. The van der Waals surface area contributed by atoms with E-state index >= 15 is 0 Å². The van der Waals surface area contributed by atoms with E-state index in [2.05, 4.69) is 11.0 Å². The van der Waals surface area contributed by atoms with Crippen molar-refractivity contribution in [2.75, 3.05) is 6.26 Å². The molecule has 0 aliphatic heterocycles. The molecule has 0 aromatic carbocycles. The van der Waals surface area contributed by atoms with Crippen molar-refractivity contribution in [2.45, 2.75) is 47.7 Å². The number of nitrogens with two attached hydrogens (primary N) is 1. The molecule has 4 nitrogen and oxygen atoms in total. The second-order valence-corrected chi connectivity index (χ2v) is 8.90. The van der Waals surface area contributed by atoms with Gasteiger partial charge in [-0.2, -0.15) is 11.8 Å². The van der Waals surface area contributed by atoms with Crippen molar-refractivity contribution in [3.8, 4) is 0 Å². The zero-order valence-electron chi connectivity index (χ0n) is 11.0. The summed E-state index contributed by atoms with van der Waals surface area (Å²) in [4.78, 5) is 0.894. The van der Waals surface area contributed by atoms with Gasteiger partial charge in [-0.1, -0.05) is 12.8 Å². The highest BCUT2D eigenvalue weighted by Crippen LogP contribution is 2.29. The van der Waals surface area contributed by atoms with Crippen LogP contribution in [0.1, 0.15) is 30.6 Å². The maximum absolute atomic E-state index is 12.3. The molecule has 0 spiro atoms. The van der Waals surface area contributed by atoms with Gasteiger partial charge in [0.25, 0.3) is 0 Å². The summed E-state index contributed by atoms with van der Waals surface area (Å²) in [5.74, 6) is 0. The molecule has 1 aromatic rings. The summed E-state index contributed by atoms with van der Waals surface area (Å²) in [6.07, 6.45) is 6.37. The Labute approximate surface area is 123 Å². The average molecular weight is 321 g/mol. The fourth-order valence-corrected chi connectivity index (χ4v) is 5.97. The van der Waals surface area contributed by atoms with Crippen molar-refractivity contribution in [1.82, 2.24) is 4.72 Å². The van der Waals surface area contributed by atoms with Gasteiger partial charge in [-0.15, -0.1) is 11.3 Å². The third kappa shape index (κ3) is 3.72. The Bertz CT molecular complexity index is 513. The molecule has 1 aliphatic carbocycles. The minimum atomic E-state index is -3.39. The van der Waals surface area contributed by atoms with E-state index in [0.29, 0.717) is 16.0 Å². The maximum Gasteiger partial charge on any atom is 0.250 e. The van der Waals surface area contributed by atoms with Gasteiger partial charge in [-0.05, 0) is 31.2 Å². The van der Waals surface area contributed by atoms with E-state index in [1.807, 2.05) is 0 Å². The number of rotatable bonds is 5. The largest absolute Gasteiger partial charge is 0.326 e. The van der Waals surface area contributed by atoms with E-state index in [4.69, 9.17) is 5.73 Å². The first-order valence-electron chi connectivity index (χ1n) is 6.40. The molecule has 1 heterocycles. The predicted molar refractivity (Wildman–Crippen MR) is 82.1 cm³/mol. The highest BCUT2D eigenvalue weighted by atomic mass is 32.2. The van der Waals surface area contributed by atoms with E-state index in [-0.39, 0.29) is 6.04 Å². The van der Waals surface area contributed by atoms with Crippen LogP contribution >= 0.6 is 23.1 Å². The minimum absolute atomic E-state index is 0.0529. The zero-order valence-corrected chi connectivity index (χ0v) is 13.4. The van der Waals surface area contributed by atoms with E-state index < -0.39 is 10.0 Å². The topological polar surface area (TPSA) is 72.2 Å². The number of thioether (sulfide) groups is 1. The van der Waals surface area contributed by atoms with Crippen LogP contribution in [0.15, 0.2) is 16.3 Å². The van der Waals surface area contributed by atoms with Gasteiger partial charge in [0.05, 0.1) is 0 Å². The zero-order chi connectivity index (χ0) is 13.9. The van der Waals surface area contributed by atoms with Crippen LogP contribution in [0.2, 0.25) is 0 Å². The monoisotopic (exact) mass is 320 g/mol. The van der Waals surface area contributed by atoms with Crippen LogP contribution in [0.5, 0.6) is 0 Å². The molecule has 0 amide bonds. The summed E-state index contributed by atoms with van der Waals surface area (Å²) in [7, 11) is -3.39. The first-order valence-corrected chi connectivity index (χ1v) is 9.99. The van der Waals surface area contributed by atoms with Crippen LogP contribution in [0, 0.1) is 0 Å². The molecule has 19 heavy (non-hydrogen) atoms. The van der Waals surface area contributed by atoms with Gasteiger partial charge >= 0.3 is 0 Å². The van der Waals surface area contributed by atoms with Gasteiger partial charge < -0.3 is 5.73 Å². The van der Waals surface area contributed by atoms with E-state index in [1.54, 1.807) is 23.9 Å². The molecule has 0 bridgehead atoms. The minimum Gasteiger partial charge on any atom is -0.326 e. The summed E-state index contributed by atoms with van der Waals surface area (Å²) in [6.45, 7) is 0.386. The maximum atomic E-state index is 12.3. The SMILES string of the molecule is CSC1CCCCC1NS(=O)(=O)c1ccc(CN)s1. The van der Waals surface area contributed by atoms with Crippen molar-refractivity contribution in [3.63, 3.8) is 0 Å². The molecule has 0 saturated heterocycles. The van der Waals surface area contributed by atoms with Crippen molar-refractivity contribution >= 4 is 33.1 Å². The summed E-state index contributed by atoms with van der Waals surface area (Å²) < 4.78 is 27.9. The lowest BCUT2D eigenvalue weighted by Crippen LogP contribution is -2.43. The molecule has 3 N–H and O–H groups in total. The van der Waals surface area contributed by atoms with Gasteiger partial charge in [-0.25, -0.2) is 13.1 Å². The Hall–Kier alpha value is -0.0800. The highest BCUT2D eigenvalue weighted by molar-refractivity contribution is 7.99. The highest BCUT2D eigenvalue weighted by Gasteiger charge is 2.29. The van der Waals surface area contributed by atoms with Crippen molar-refractivity contribution in [3.05, 3.63) is 17.0 Å². The Morgan fingerprint density at radius 2 is 2.16 bits per heavy atom. The van der Waals surface area contributed by atoms with Crippen LogP contribution in [-0.4, -0.2) is 26.0 Å². The molecule has 2 rings (SSSR count). The summed E-state index contributed by atoms with van der Waals surface area (Å²) in [5.41, 5.74) is 5.53. The number of hydrogen-bond acceptors (Lipinski definition) is 5. The molecule has 1 aliphatic rings. The van der Waals surface area contributed by atoms with Gasteiger partial charge in [0.15, 0.2) is 0 Å². The lowest BCUT2D eigenvalue weighted by molar-refractivity contribution is 0.423. The lowest BCUT2D eigenvalue weighted by Gasteiger charge is -2.30. The number of sulfonamides is 1. The standard InChI is InChI=1S/C12H20N2O2S3/c1-17-11-5-3-2-4-10(11)14-19(15,16)12-7-6-9(8-13)18-12/h6-7,10-11,14H,2-5,8,13H2,1H3. The smallest absolute Gasteiger partial charge is 0.250 e. The van der Waals surface area contributed by atoms with Crippen molar-refractivity contribution < 1.29 is 8.42 Å². The van der Waals surface area contributed by atoms with Crippen LogP contribution in [-0.2, 0) is 16.6 Å². The Morgan fingerprint density at radius 1 is 1.42 bits per heavy atom. The van der Waals surface area contributed by atoms with Crippen LogP contribution in [0.25, 0.3) is 0 Å². The van der Waals surface area contributed by atoms with E-state index in [0.717, 1.165) is 24.1 Å². The summed E-state index contributed by atoms with van der Waals surface area (Å²) in [6, 6.07) is 3.48. The third-order valence-electron chi connectivity index (χ3n) is 3.41. The van der Waals surface area contributed by atoms with Crippen LogP contribution in [0.4, 0.5) is 0 Å². The normalized spacial score (nSPS) is 24.5. The second kappa shape index (κ2) is 6.58. The number of thiophene rings is 1. The quantitative estimate of drug-likeness (QED) is 0.872. The van der Waals surface area contributed by atoms with Gasteiger partial charge in [0.2, 0.25) is 10.0 Å². The first-order chi connectivity index (χ1) is 9.06. The Balaban J connectivity index is 2.11. The molecule has 1 aromatic heterocycles. The molecule has 7 heteroatoms. The predicted octanol–water partition coefficient (Wildman–Crippen LogP) is 2.16. The van der Waals surface area contributed by atoms with Crippen LogP contribution in [0.3, 0.4) is 0 Å². The van der Waals surface area contributed by atoms with Gasteiger partial charge in [-0.3, -0.25) is 0 Å². The van der Waals surface area contributed by atoms with Gasteiger partial charge in [0.1, 0.15) is 4.21 Å². The average Bonchev–Trinajstić information content (AvgIpc) is 2.88. The molecule has 1 fully saturated rings. The van der Waals surface area contributed by atoms with E-state index in [9.17, 15) is 8.42 Å². The van der Waals surface area contributed by atoms with Crippen molar-refractivity contribution in [2.24, 2.45) is 5.73 Å². The van der Waals surface area contributed by atoms with Crippen LogP contribution < -0.4 is 10.5 Å². The molecule has 0 radical (unpaired) electrons. The molecule has 108 valence electrons. The fraction of sp³-hybridized carbons (Fsp3) is 0.667. The fourth-order valence-electron chi connectivity index (χ4n) is 2.38. The second-order valence-electron chi connectivity index (χ2n) is 4.71. The summed E-state index contributed by atoms with van der Waals surface area (Å²) >= 11 is 3.01. The summed E-state index contributed by atoms with van der Waals surface area (Å²) in [5, 5.41) is 0.387. The third-order valence-corrected chi connectivity index (χ3v) is 7.67. The van der Waals surface area contributed by atoms with Gasteiger partial charge in [0, 0.05) is 22.7 Å². The number of nitrogens with one attached hydrogen (secondary N) is 1. The molecule has 2 unspecified atom stereocenters. The Kier molecular flexibility index (Phi) is 5.30. The number of hydrogen-bond donors (Lipinski definition) is 2. The van der Waals surface area contributed by atoms with E-state index in [1.165, 1.54) is 17.8 Å². The first kappa shape index (κ1) is 15.3. The molecular formula is C12H20N2O2S3. The lowest BCUT2D eigenvalue weighted by atomic mass is 9.96. The molecular weight excluding hydrogens is 300 g/mol. The molecule has 2 atom stereocenters. The Morgan fingerprint density at radius 3 is 2.79 bits per heavy atom. The van der Waals surface area contributed by atoms with Crippen molar-refractivity contribution in [1.29, 1.82) is 0 Å².